The van der Waals surface area contributed by atoms with Crippen molar-refractivity contribution in [3.8, 4) is 0 Å². The Morgan fingerprint density at radius 1 is 1.54 bits per heavy atom. The van der Waals surface area contributed by atoms with Crippen LogP contribution in [-0.4, -0.2) is 6.54 Å². The van der Waals surface area contributed by atoms with Gasteiger partial charge in [-0.05, 0) is 42.3 Å². The smallest absolute Gasteiger partial charge is 0.00830 e. The highest BCUT2D eigenvalue weighted by Gasteiger charge is 2.13. The minimum absolute atomic E-state index is 0.521. The van der Waals surface area contributed by atoms with Crippen molar-refractivity contribution in [2.75, 3.05) is 6.54 Å². The molecule has 0 fully saturated rings. The van der Waals surface area contributed by atoms with E-state index >= 15 is 0 Å². The number of rotatable bonds is 4. The Hall–Kier alpha value is -0.340. The van der Waals surface area contributed by atoms with Crippen LogP contribution < -0.4 is 5.73 Å². The van der Waals surface area contributed by atoms with Crippen molar-refractivity contribution < 1.29 is 0 Å². The molecular formula is C11H19NS. The summed E-state index contributed by atoms with van der Waals surface area (Å²) >= 11 is 1.89. The number of aryl methyl sites for hydroxylation is 2. The molecule has 0 aromatic carbocycles. The first kappa shape index (κ1) is 10.7. The third kappa shape index (κ3) is 2.32. The summed E-state index contributed by atoms with van der Waals surface area (Å²) in [5, 5.41) is 2.26. The molecule has 0 spiro atoms. The molecule has 0 bridgehead atoms. The average Bonchev–Trinajstić information content (AvgIpc) is 2.47. The summed E-state index contributed by atoms with van der Waals surface area (Å²) in [5.41, 5.74) is 8.63. The van der Waals surface area contributed by atoms with Crippen molar-refractivity contribution in [3.63, 3.8) is 0 Å². The second-order valence-electron chi connectivity index (χ2n) is 3.64. The topological polar surface area (TPSA) is 26.0 Å². The van der Waals surface area contributed by atoms with Crippen LogP contribution in [0.3, 0.4) is 0 Å². The van der Waals surface area contributed by atoms with Crippen LogP contribution in [0.2, 0.25) is 0 Å². The van der Waals surface area contributed by atoms with Gasteiger partial charge in [0.1, 0.15) is 0 Å². The molecule has 1 aromatic heterocycles. The van der Waals surface area contributed by atoms with Crippen molar-refractivity contribution in [1.82, 2.24) is 0 Å². The van der Waals surface area contributed by atoms with Crippen LogP contribution in [0.1, 0.15) is 42.2 Å². The van der Waals surface area contributed by atoms with E-state index in [0.29, 0.717) is 5.92 Å². The summed E-state index contributed by atoms with van der Waals surface area (Å²) in [6, 6.07) is 0. The van der Waals surface area contributed by atoms with Gasteiger partial charge in [-0.25, -0.2) is 0 Å². The quantitative estimate of drug-likeness (QED) is 0.788. The fraction of sp³-hybridized carbons (Fsp3) is 0.636. The van der Waals surface area contributed by atoms with E-state index in [1.807, 2.05) is 11.3 Å². The fourth-order valence-corrected chi connectivity index (χ4v) is 2.97. The van der Waals surface area contributed by atoms with Gasteiger partial charge in [0.2, 0.25) is 0 Å². The Balaban J connectivity index is 2.93. The molecule has 0 saturated heterocycles. The zero-order valence-corrected chi connectivity index (χ0v) is 9.58. The molecule has 0 saturated carbocycles. The van der Waals surface area contributed by atoms with Gasteiger partial charge < -0.3 is 5.73 Å². The molecule has 74 valence electrons. The number of hydrogen-bond donors (Lipinski definition) is 1. The Morgan fingerprint density at radius 2 is 2.23 bits per heavy atom. The van der Waals surface area contributed by atoms with Gasteiger partial charge in [-0.1, -0.05) is 20.3 Å². The highest BCUT2D eigenvalue weighted by Crippen LogP contribution is 2.29. The normalized spacial score (nSPS) is 13.2. The molecule has 2 heteroatoms. The molecule has 1 atom stereocenters. The predicted octanol–water partition coefficient (Wildman–Crippen LogP) is 3.07. The summed E-state index contributed by atoms with van der Waals surface area (Å²) < 4.78 is 0. The first-order valence-electron chi connectivity index (χ1n) is 4.97. The third-order valence-corrected chi connectivity index (χ3v) is 3.61. The van der Waals surface area contributed by atoms with Crippen LogP contribution in [0.25, 0.3) is 0 Å². The van der Waals surface area contributed by atoms with Crippen molar-refractivity contribution in [2.24, 2.45) is 5.73 Å². The molecule has 0 aliphatic rings. The fourth-order valence-electron chi connectivity index (χ4n) is 1.71. The van der Waals surface area contributed by atoms with E-state index < -0.39 is 0 Å². The first-order chi connectivity index (χ1) is 6.20. The monoisotopic (exact) mass is 197 g/mol. The van der Waals surface area contributed by atoms with E-state index in [4.69, 9.17) is 5.73 Å². The van der Waals surface area contributed by atoms with Crippen molar-refractivity contribution in [1.29, 1.82) is 0 Å². The Labute approximate surface area is 85.0 Å². The van der Waals surface area contributed by atoms with Crippen molar-refractivity contribution in [2.45, 2.75) is 39.5 Å². The second-order valence-corrected chi connectivity index (χ2v) is 4.61. The molecule has 1 rings (SSSR count). The number of thiophene rings is 1. The lowest BCUT2D eigenvalue weighted by Gasteiger charge is -2.11. The molecule has 0 amide bonds. The standard InChI is InChI=1S/C11H19NS/c1-4-5-10-11(8(2)6-12)9(3)7-13-10/h7-8H,4-6,12H2,1-3H3. The SMILES string of the molecule is CCCc1scc(C)c1C(C)CN. The van der Waals surface area contributed by atoms with Gasteiger partial charge in [0.05, 0.1) is 0 Å². The molecule has 1 aromatic rings. The molecule has 0 aliphatic carbocycles. The maximum atomic E-state index is 5.70. The number of nitrogens with two attached hydrogens (primary N) is 1. The lowest BCUT2D eigenvalue weighted by molar-refractivity contribution is 0.756. The minimum atomic E-state index is 0.521. The second kappa shape index (κ2) is 4.77. The summed E-state index contributed by atoms with van der Waals surface area (Å²) in [4.78, 5) is 1.54. The van der Waals surface area contributed by atoms with Gasteiger partial charge in [0.15, 0.2) is 0 Å². The average molecular weight is 197 g/mol. The molecule has 13 heavy (non-hydrogen) atoms. The van der Waals surface area contributed by atoms with Crippen LogP contribution in [0.5, 0.6) is 0 Å². The Bertz CT molecular complexity index is 265. The van der Waals surface area contributed by atoms with E-state index in [9.17, 15) is 0 Å². The summed E-state index contributed by atoms with van der Waals surface area (Å²) in [5.74, 6) is 0.521. The zero-order chi connectivity index (χ0) is 9.84. The molecule has 2 N–H and O–H groups in total. The highest BCUT2D eigenvalue weighted by molar-refractivity contribution is 7.10. The Kier molecular flexibility index (Phi) is 3.94. The maximum absolute atomic E-state index is 5.70. The molecule has 1 heterocycles. The lowest BCUT2D eigenvalue weighted by Crippen LogP contribution is -2.10. The van der Waals surface area contributed by atoms with Crippen LogP contribution in [0, 0.1) is 6.92 Å². The minimum Gasteiger partial charge on any atom is -0.330 e. The van der Waals surface area contributed by atoms with Crippen LogP contribution >= 0.6 is 11.3 Å². The van der Waals surface area contributed by atoms with Gasteiger partial charge in [-0.2, -0.15) is 0 Å². The number of hydrogen-bond acceptors (Lipinski definition) is 2. The van der Waals surface area contributed by atoms with E-state index in [1.165, 1.54) is 28.8 Å². The maximum Gasteiger partial charge on any atom is 0.00830 e. The van der Waals surface area contributed by atoms with Crippen LogP contribution in [0.15, 0.2) is 5.38 Å². The third-order valence-electron chi connectivity index (χ3n) is 2.43. The van der Waals surface area contributed by atoms with Gasteiger partial charge in [0.25, 0.3) is 0 Å². The first-order valence-corrected chi connectivity index (χ1v) is 5.85. The molecule has 1 unspecified atom stereocenters. The lowest BCUT2D eigenvalue weighted by atomic mass is 9.97. The van der Waals surface area contributed by atoms with E-state index in [1.54, 1.807) is 0 Å². The van der Waals surface area contributed by atoms with Gasteiger partial charge in [0, 0.05) is 4.88 Å². The summed E-state index contributed by atoms with van der Waals surface area (Å²) in [6.45, 7) is 7.39. The Morgan fingerprint density at radius 3 is 2.77 bits per heavy atom. The summed E-state index contributed by atoms with van der Waals surface area (Å²) in [7, 11) is 0. The van der Waals surface area contributed by atoms with Gasteiger partial charge in [-0.15, -0.1) is 11.3 Å². The molecule has 0 aliphatic heterocycles. The van der Waals surface area contributed by atoms with Crippen molar-refractivity contribution in [3.05, 3.63) is 21.4 Å². The van der Waals surface area contributed by atoms with Crippen molar-refractivity contribution >= 4 is 11.3 Å². The van der Waals surface area contributed by atoms with Crippen LogP contribution in [-0.2, 0) is 6.42 Å². The highest BCUT2D eigenvalue weighted by atomic mass is 32.1. The van der Waals surface area contributed by atoms with Gasteiger partial charge in [-0.3, -0.25) is 0 Å². The largest absolute Gasteiger partial charge is 0.330 e. The van der Waals surface area contributed by atoms with E-state index in [0.717, 1.165) is 6.54 Å². The molecular weight excluding hydrogens is 178 g/mol. The van der Waals surface area contributed by atoms with E-state index in [-0.39, 0.29) is 0 Å². The zero-order valence-electron chi connectivity index (χ0n) is 8.76. The van der Waals surface area contributed by atoms with E-state index in [2.05, 4.69) is 26.2 Å². The molecule has 0 radical (unpaired) electrons. The van der Waals surface area contributed by atoms with Crippen LogP contribution in [0.4, 0.5) is 0 Å². The molecule has 1 nitrogen and oxygen atoms in total. The predicted molar refractivity (Wildman–Crippen MR) is 60.5 cm³/mol. The van der Waals surface area contributed by atoms with Gasteiger partial charge >= 0.3 is 0 Å². The summed E-state index contributed by atoms with van der Waals surface area (Å²) in [6.07, 6.45) is 2.43.